The third-order valence-electron chi connectivity index (χ3n) is 4.43. The molecule has 0 fully saturated rings. The van der Waals surface area contributed by atoms with E-state index >= 15 is 0 Å². The number of urea groups is 1. The first kappa shape index (κ1) is 17.2. The highest BCUT2D eigenvalue weighted by Crippen LogP contribution is 2.25. The summed E-state index contributed by atoms with van der Waals surface area (Å²) in [4.78, 5) is 16.4. The van der Waals surface area contributed by atoms with Crippen molar-refractivity contribution in [1.29, 1.82) is 0 Å². The van der Waals surface area contributed by atoms with Crippen molar-refractivity contribution in [3.05, 3.63) is 72.4 Å². The van der Waals surface area contributed by atoms with E-state index in [9.17, 15) is 9.18 Å². The summed E-state index contributed by atoms with van der Waals surface area (Å²) in [6, 6.07) is 15.3. The van der Waals surface area contributed by atoms with Crippen LogP contribution in [0.1, 0.15) is 5.82 Å². The normalized spacial score (nSPS) is 15.8. The summed E-state index contributed by atoms with van der Waals surface area (Å²) in [6.45, 7) is 1.31. The third-order valence-corrected chi connectivity index (χ3v) is 4.43. The molecule has 27 heavy (non-hydrogen) atoms. The van der Waals surface area contributed by atoms with Gasteiger partial charge in [0.1, 0.15) is 18.2 Å². The van der Waals surface area contributed by atoms with Gasteiger partial charge in [0.25, 0.3) is 0 Å². The molecule has 0 spiro atoms. The fraction of sp³-hybridized carbons (Fsp3) is 0.200. The number of amides is 2. The van der Waals surface area contributed by atoms with Gasteiger partial charge in [-0.25, -0.2) is 14.2 Å². The minimum absolute atomic E-state index is 0.174. The summed E-state index contributed by atoms with van der Waals surface area (Å²) in [5.74, 6) is 0.547. The number of halogens is 1. The molecule has 2 heterocycles. The Hall–Kier alpha value is -3.19. The van der Waals surface area contributed by atoms with Crippen LogP contribution in [0.5, 0.6) is 0 Å². The second-order valence-corrected chi connectivity index (χ2v) is 6.31. The van der Waals surface area contributed by atoms with Crippen LogP contribution in [0.4, 0.5) is 14.9 Å². The Labute approximate surface area is 156 Å². The Bertz CT molecular complexity index is 925. The summed E-state index contributed by atoms with van der Waals surface area (Å²) in [5.41, 5.74) is 2.53. The van der Waals surface area contributed by atoms with E-state index in [4.69, 9.17) is 4.74 Å². The number of anilines is 1. The van der Waals surface area contributed by atoms with Gasteiger partial charge in [0.2, 0.25) is 0 Å². The van der Waals surface area contributed by atoms with Crippen molar-refractivity contribution in [2.75, 3.05) is 11.9 Å². The van der Waals surface area contributed by atoms with E-state index in [0.29, 0.717) is 19.7 Å². The Morgan fingerprint density at radius 1 is 1.19 bits per heavy atom. The molecular weight excluding hydrogens is 347 g/mol. The van der Waals surface area contributed by atoms with Gasteiger partial charge in [-0.2, -0.15) is 0 Å². The maximum Gasteiger partial charge on any atom is 0.319 e. The number of imidazole rings is 1. The van der Waals surface area contributed by atoms with Crippen molar-refractivity contribution in [2.45, 2.75) is 19.3 Å². The van der Waals surface area contributed by atoms with E-state index in [1.54, 1.807) is 18.3 Å². The van der Waals surface area contributed by atoms with Crippen LogP contribution in [0.3, 0.4) is 0 Å². The predicted octanol–water partition coefficient (Wildman–Crippen LogP) is 3.41. The van der Waals surface area contributed by atoms with Crippen LogP contribution in [0.2, 0.25) is 0 Å². The van der Waals surface area contributed by atoms with Gasteiger partial charge in [0.05, 0.1) is 24.5 Å². The zero-order valence-electron chi connectivity index (χ0n) is 14.6. The molecule has 0 unspecified atom stereocenters. The van der Waals surface area contributed by atoms with Crippen molar-refractivity contribution < 1.29 is 13.9 Å². The fourth-order valence-electron chi connectivity index (χ4n) is 3.06. The number of para-hydroxylation sites is 1. The number of aromatic nitrogens is 2. The lowest BCUT2D eigenvalue weighted by Gasteiger charge is -2.26. The lowest BCUT2D eigenvalue weighted by Crippen LogP contribution is -2.40. The molecule has 0 saturated heterocycles. The molecule has 1 atom stereocenters. The number of nitrogens with one attached hydrogen (secondary N) is 2. The maximum absolute atomic E-state index is 13.2. The number of hydrogen-bond acceptors (Lipinski definition) is 3. The summed E-state index contributed by atoms with van der Waals surface area (Å²) in [6.07, 6.45) is 1.59. The minimum Gasteiger partial charge on any atom is -0.367 e. The quantitative estimate of drug-likeness (QED) is 0.744. The molecule has 0 saturated carbocycles. The summed E-state index contributed by atoms with van der Waals surface area (Å²) in [7, 11) is 0. The van der Waals surface area contributed by atoms with Crippen LogP contribution in [-0.4, -0.2) is 28.2 Å². The van der Waals surface area contributed by atoms with Crippen LogP contribution < -0.4 is 10.6 Å². The zero-order chi connectivity index (χ0) is 18.6. The molecule has 0 aliphatic carbocycles. The topological polar surface area (TPSA) is 68.2 Å². The fourth-order valence-corrected chi connectivity index (χ4v) is 3.06. The van der Waals surface area contributed by atoms with Gasteiger partial charge < -0.3 is 19.9 Å². The van der Waals surface area contributed by atoms with Gasteiger partial charge in [0.15, 0.2) is 0 Å². The Balaban J connectivity index is 1.39. The summed E-state index contributed by atoms with van der Waals surface area (Å²) >= 11 is 0. The highest BCUT2D eigenvalue weighted by Gasteiger charge is 2.23. The Morgan fingerprint density at radius 2 is 1.96 bits per heavy atom. The van der Waals surface area contributed by atoms with Crippen molar-refractivity contribution in [1.82, 2.24) is 14.9 Å². The number of benzene rings is 2. The van der Waals surface area contributed by atoms with E-state index < -0.39 is 0 Å². The molecule has 6 nitrogen and oxygen atoms in total. The average molecular weight is 366 g/mol. The molecule has 2 amide bonds. The molecule has 1 aliphatic heterocycles. The SMILES string of the molecule is O=C(NC[C@H]1Cn2c(-c3ccc(F)cc3)cnc2CO1)Nc1ccccc1. The minimum atomic E-state index is -0.278. The molecule has 3 aromatic rings. The molecule has 138 valence electrons. The van der Waals surface area contributed by atoms with E-state index in [0.717, 1.165) is 22.8 Å². The number of nitrogens with zero attached hydrogens (tertiary/aromatic N) is 2. The monoisotopic (exact) mass is 366 g/mol. The van der Waals surface area contributed by atoms with Gasteiger partial charge in [0, 0.05) is 12.2 Å². The number of carbonyl (C=O) groups is 1. The molecule has 7 heteroatoms. The number of ether oxygens (including phenoxy) is 1. The lowest BCUT2D eigenvalue weighted by atomic mass is 10.1. The van der Waals surface area contributed by atoms with Crippen molar-refractivity contribution in [2.24, 2.45) is 0 Å². The van der Waals surface area contributed by atoms with Gasteiger partial charge in [-0.15, -0.1) is 0 Å². The maximum atomic E-state index is 13.2. The molecule has 1 aliphatic rings. The highest BCUT2D eigenvalue weighted by molar-refractivity contribution is 5.89. The van der Waals surface area contributed by atoms with Gasteiger partial charge in [-0.05, 0) is 42.0 Å². The first-order valence-corrected chi connectivity index (χ1v) is 8.71. The first-order valence-electron chi connectivity index (χ1n) is 8.71. The molecule has 4 rings (SSSR count). The number of hydrogen-bond donors (Lipinski definition) is 2. The van der Waals surface area contributed by atoms with Crippen molar-refractivity contribution in [3.63, 3.8) is 0 Å². The first-order chi connectivity index (χ1) is 13.2. The largest absolute Gasteiger partial charge is 0.367 e. The van der Waals surface area contributed by atoms with Crippen LogP contribution in [-0.2, 0) is 17.9 Å². The number of carbonyl (C=O) groups excluding carboxylic acids is 1. The predicted molar refractivity (Wildman–Crippen MR) is 99.7 cm³/mol. The third kappa shape index (κ3) is 3.98. The number of rotatable bonds is 4. The van der Waals surface area contributed by atoms with Crippen LogP contribution in [0.25, 0.3) is 11.3 Å². The van der Waals surface area contributed by atoms with Crippen LogP contribution in [0.15, 0.2) is 60.8 Å². The van der Waals surface area contributed by atoms with E-state index in [1.807, 2.05) is 30.3 Å². The Kier molecular flexibility index (Phi) is 4.84. The average Bonchev–Trinajstić information content (AvgIpc) is 3.11. The highest BCUT2D eigenvalue weighted by atomic mass is 19.1. The van der Waals surface area contributed by atoms with Crippen molar-refractivity contribution in [3.8, 4) is 11.3 Å². The van der Waals surface area contributed by atoms with Crippen LogP contribution >= 0.6 is 0 Å². The zero-order valence-corrected chi connectivity index (χ0v) is 14.6. The second kappa shape index (κ2) is 7.59. The van der Waals surface area contributed by atoms with E-state index in [-0.39, 0.29) is 18.0 Å². The van der Waals surface area contributed by atoms with Crippen molar-refractivity contribution >= 4 is 11.7 Å². The molecule has 2 aromatic carbocycles. The molecule has 0 radical (unpaired) electrons. The van der Waals surface area contributed by atoms with Gasteiger partial charge >= 0.3 is 6.03 Å². The van der Waals surface area contributed by atoms with E-state index in [2.05, 4.69) is 20.2 Å². The molecule has 0 bridgehead atoms. The van der Waals surface area contributed by atoms with Gasteiger partial charge in [-0.1, -0.05) is 18.2 Å². The van der Waals surface area contributed by atoms with Gasteiger partial charge in [-0.3, -0.25) is 0 Å². The van der Waals surface area contributed by atoms with Crippen LogP contribution in [0, 0.1) is 5.82 Å². The standard InChI is InChI=1S/C20H19FN4O2/c21-15-8-6-14(7-9-15)18-11-22-19-13-27-17(12-25(18)19)10-23-20(26)24-16-4-2-1-3-5-16/h1-9,11,17H,10,12-13H2,(H2,23,24,26)/t17-/m0/s1. The second-order valence-electron chi connectivity index (χ2n) is 6.31. The molecular formula is C20H19FN4O2. The Morgan fingerprint density at radius 3 is 2.74 bits per heavy atom. The molecule has 2 N–H and O–H groups in total. The summed E-state index contributed by atoms with van der Waals surface area (Å²) < 4.78 is 21.0. The number of fused-ring (bicyclic) bond motifs is 1. The smallest absolute Gasteiger partial charge is 0.319 e. The molecule has 1 aromatic heterocycles. The lowest BCUT2D eigenvalue weighted by molar-refractivity contribution is 0.00514. The van der Waals surface area contributed by atoms with E-state index in [1.165, 1.54) is 12.1 Å². The summed E-state index contributed by atoms with van der Waals surface area (Å²) in [5, 5.41) is 5.61.